The van der Waals surface area contributed by atoms with E-state index in [1.54, 1.807) is 11.3 Å². The second-order valence-electron chi connectivity index (χ2n) is 5.23. The first kappa shape index (κ1) is 12.8. The standard InChI is InChI=1S/C16H19NOS/c18-15(7-1-5-13-6-3-11-19-13)14-9-8-12-4-2-10-17-16(12)14/h2-4,6,10-11,14-15,18H,1,5,7-9H2. The van der Waals surface area contributed by atoms with Gasteiger partial charge in [0.15, 0.2) is 0 Å². The lowest BCUT2D eigenvalue weighted by Crippen LogP contribution is -2.17. The third kappa shape index (κ3) is 2.88. The van der Waals surface area contributed by atoms with E-state index in [-0.39, 0.29) is 12.0 Å². The van der Waals surface area contributed by atoms with Crippen LogP contribution in [0.1, 0.15) is 41.3 Å². The van der Waals surface area contributed by atoms with Crippen molar-refractivity contribution in [2.24, 2.45) is 0 Å². The van der Waals surface area contributed by atoms with E-state index in [4.69, 9.17) is 0 Å². The number of fused-ring (bicyclic) bond motifs is 1. The Morgan fingerprint density at radius 3 is 3.16 bits per heavy atom. The molecule has 100 valence electrons. The van der Waals surface area contributed by atoms with E-state index in [9.17, 15) is 5.11 Å². The molecule has 0 aliphatic heterocycles. The molecule has 2 heterocycles. The number of nitrogens with zero attached hydrogens (tertiary/aromatic N) is 1. The van der Waals surface area contributed by atoms with Gasteiger partial charge in [-0.25, -0.2) is 0 Å². The predicted molar refractivity (Wildman–Crippen MR) is 78.6 cm³/mol. The number of hydrogen-bond donors (Lipinski definition) is 1. The van der Waals surface area contributed by atoms with Gasteiger partial charge in [-0.3, -0.25) is 4.98 Å². The quantitative estimate of drug-likeness (QED) is 0.903. The Morgan fingerprint density at radius 1 is 1.37 bits per heavy atom. The second kappa shape index (κ2) is 5.85. The van der Waals surface area contributed by atoms with E-state index in [0.29, 0.717) is 0 Å². The van der Waals surface area contributed by atoms with Crippen LogP contribution >= 0.6 is 11.3 Å². The SMILES string of the molecule is OC(CCCc1cccs1)C1CCc2cccnc21. The number of rotatable bonds is 5. The first-order valence-corrected chi connectivity index (χ1v) is 7.87. The molecule has 2 unspecified atom stereocenters. The molecule has 3 rings (SSSR count). The first-order valence-electron chi connectivity index (χ1n) is 6.99. The molecule has 2 aromatic heterocycles. The minimum atomic E-state index is -0.240. The van der Waals surface area contributed by atoms with Crippen LogP contribution in [-0.2, 0) is 12.8 Å². The summed E-state index contributed by atoms with van der Waals surface area (Å²) in [6, 6.07) is 8.39. The topological polar surface area (TPSA) is 33.1 Å². The van der Waals surface area contributed by atoms with Gasteiger partial charge in [-0.15, -0.1) is 11.3 Å². The summed E-state index contributed by atoms with van der Waals surface area (Å²) in [5.41, 5.74) is 2.45. The summed E-state index contributed by atoms with van der Waals surface area (Å²) in [5.74, 6) is 0.250. The van der Waals surface area contributed by atoms with Gasteiger partial charge in [0.25, 0.3) is 0 Å². The zero-order valence-electron chi connectivity index (χ0n) is 11.0. The number of aromatic nitrogens is 1. The van der Waals surface area contributed by atoms with Gasteiger partial charge in [-0.1, -0.05) is 12.1 Å². The van der Waals surface area contributed by atoms with Crippen molar-refractivity contribution in [3.8, 4) is 0 Å². The third-order valence-corrected chi connectivity index (χ3v) is 4.91. The van der Waals surface area contributed by atoms with Gasteiger partial charge in [-0.05, 0) is 55.2 Å². The Kier molecular flexibility index (Phi) is 3.95. The molecule has 1 aliphatic rings. The van der Waals surface area contributed by atoms with Gasteiger partial charge in [0.05, 0.1) is 6.10 Å². The first-order chi connectivity index (χ1) is 9.34. The van der Waals surface area contributed by atoms with E-state index >= 15 is 0 Å². The fourth-order valence-electron chi connectivity index (χ4n) is 2.96. The molecule has 2 nitrogen and oxygen atoms in total. The Bertz CT molecular complexity index is 523. The summed E-state index contributed by atoms with van der Waals surface area (Å²) in [5, 5.41) is 12.5. The summed E-state index contributed by atoms with van der Waals surface area (Å²) in [6.07, 6.45) is 6.73. The van der Waals surface area contributed by atoms with Gasteiger partial charge in [-0.2, -0.15) is 0 Å². The third-order valence-electron chi connectivity index (χ3n) is 3.97. The number of pyridine rings is 1. The number of aliphatic hydroxyl groups is 1. The summed E-state index contributed by atoms with van der Waals surface area (Å²) in [4.78, 5) is 5.88. The lowest BCUT2D eigenvalue weighted by molar-refractivity contribution is 0.129. The summed E-state index contributed by atoms with van der Waals surface area (Å²) < 4.78 is 0. The highest BCUT2D eigenvalue weighted by molar-refractivity contribution is 7.09. The molecule has 0 fully saturated rings. The van der Waals surface area contributed by atoms with Crippen molar-refractivity contribution in [2.75, 3.05) is 0 Å². The lowest BCUT2D eigenvalue weighted by Gasteiger charge is -2.18. The van der Waals surface area contributed by atoms with E-state index in [2.05, 4.69) is 28.6 Å². The van der Waals surface area contributed by atoms with Crippen LogP contribution in [0.25, 0.3) is 0 Å². The van der Waals surface area contributed by atoms with Gasteiger partial charge >= 0.3 is 0 Å². The molecule has 1 aliphatic carbocycles. The predicted octanol–water partition coefficient (Wildman–Crippen LogP) is 3.56. The zero-order valence-corrected chi connectivity index (χ0v) is 11.8. The molecule has 19 heavy (non-hydrogen) atoms. The second-order valence-corrected chi connectivity index (χ2v) is 6.26. The van der Waals surface area contributed by atoms with Crippen LogP contribution in [0.5, 0.6) is 0 Å². The maximum Gasteiger partial charge on any atom is 0.0624 e. The monoisotopic (exact) mass is 273 g/mol. The van der Waals surface area contributed by atoms with Crippen molar-refractivity contribution >= 4 is 11.3 Å². The molecule has 0 saturated heterocycles. The van der Waals surface area contributed by atoms with Gasteiger partial charge < -0.3 is 5.11 Å². The summed E-state index contributed by atoms with van der Waals surface area (Å²) in [7, 11) is 0. The van der Waals surface area contributed by atoms with Gasteiger partial charge in [0.2, 0.25) is 0 Å². The largest absolute Gasteiger partial charge is 0.392 e. The molecule has 0 spiro atoms. The molecule has 2 aromatic rings. The average Bonchev–Trinajstić information content (AvgIpc) is 3.07. The number of hydrogen-bond acceptors (Lipinski definition) is 3. The molecule has 1 N–H and O–H groups in total. The van der Waals surface area contributed by atoms with E-state index in [1.165, 1.54) is 10.4 Å². The minimum Gasteiger partial charge on any atom is -0.392 e. The number of aryl methyl sites for hydroxylation is 2. The summed E-state index contributed by atoms with van der Waals surface area (Å²) >= 11 is 1.80. The van der Waals surface area contributed by atoms with Crippen molar-refractivity contribution in [1.82, 2.24) is 4.98 Å². The highest BCUT2D eigenvalue weighted by Crippen LogP contribution is 2.35. The van der Waals surface area contributed by atoms with Crippen molar-refractivity contribution in [3.05, 3.63) is 52.0 Å². The normalized spacial score (nSPS) is 19.3. The number of aliphatic hydroxyl groups excluding tert-OH is 1. The van der Waals surface area contributed by atoms with Crippen LogP contribution in [0.15, 0.2) is 35.8 Å². The highest BCUT2D eigenvalue weighted by atomic mass is 32.1. The van der Waals surface area contributed by atoms with Crippen molar-refractivity contribution < 1.29 is 5.11 Å². The summed E-state index contributed by atoms with van der Waals surface area (Å²) in [6.45, 7) is 0. The molecule has 0 aromatic carbocycles. The van der Waals surface area contributed by atoms with Crippen LogP contribution in [0.3, 0.4) is 0 Å². The van der Waals surface area contributed by atoms with Crippen LogP contribution in [0.4, 0.5) is 0 Å². The lowest BCUT2D eigenvalue weighted by atomic mass is 9.95. The molecular formula is C16H19NOS. The maximum absolute atomic E-state index is 10.4. The van der Waals surface area contributed by atoms with Crippen LogP contribution < -0.4 is 0 Å². The Balaban J connectivity index is 1.55. The van der Waals surface area contributed by atoms with E-state index in [0.717, 1.165) is 37.8 Å². The van der Waals surface area contributed by atoms with Crippen molar-refractivity contribution in [2.45, 2.75) is 44.1 Å². The van der Waals surface area contributed by atoms with E-state index in [1.807, 2.05) is 12.3 Å². The smallest absolute Gasteiger partial charge is 0.0624 e. The fourth-order valence-corrected chi connectivity index (χ4v) is 3.71. The molecule has 3 heteroatoms. The van der Waals surface area contributed by atoms with Gasteiger partial charge in [0, 0.05) is 22.7 Å². The number of thiophene rings is 1. The van der Waals surface area contributed by atoms with Crippen molar-refractivity contribution in [1.29, 1.82) is 0 Å². The fraction of sp³-hybridized carbons (Fsp3) is 0.438. The Morgan fingerprint density at radius 2 is 2.32 bits per heavy atom. The van der Waals surface area contributed by atoms with E-state index < -0.39 is 0 Å². The minimum absolute atomic E-state index is 0.240. The maximum atomic E-state index is 10.4. The van der Waals surface area contributed by atoms with Crippen LogP contribution in [0.2, 0.25) is 0 Å². The van der Waals surface area contributed by atoms with Crippen LogP contribution in [0, 0.1) is 0 Å². The zero-order chi connectivity index (χ0) is 13.1. The Hall–Kier alpha value is -1.19. The average molecular weight is 273 g/mol. The highest BCUT2D eigenvalue weighted by Gasteiger charge is 2.29. The molecule has 0 radical (unpaired) electrons. The van der Waals surface area contributed by atoms with Crippen molar-refractivity contribution in [3.63, 3.8) is 0 Å². The molecule has 0 bridgehead atoms. The van der Waals surface area contributed by atoms with Gasteiger partial charge in [0.1, 0.15) is 0 Å². The Labute approximate surface area is 118 Å². The molecular weight excluding hydrogens is 254 g/mol. The molecule has 0 amide bonds. The molecule has 0 saturated carbocycles. The molecule has 2 atom stereocenters. The van der Waals surface area contributed by atoms with Crippen LogP contribution in [-0.4, -0.2) is 16.2 Å².